The van der Waals surface area contributed by atoms with Crippen molar-refractivity contribution in [3.63, 3.8) is 0 Å². The Hall–Kier alpha value is -4.56. The molecule has 0 spiro atoms. The van der Waals surface area contributed by atoms with Gasteiger partial charge in [0.2, 0.25) is 5.95 Å². The third-order valence-electron chi connectivity index (χ3n) is 7.23. The van der Waals surface area contributed by atoms with Crippen LogP contribution in [-0.4, -0.2) is 39.9 Å². The molecule has 4 heterocycles. The smallest absolute Gasteiger partial charge is 0.277 e. The maximum absolute atomic E-state index is 14.3. The molecule has 1 aliphatic rings. The van der Waals surface area contributed by atoms with Crippen molar-refractivity contribution in [2.24, 2.45) is 0 Å². The summed E-state index contributed by atoms with van der Waals surface area (Å²) in [4.78, 5) is 22.4. The summed E-state index contributed by atoms with van der Waals surface area (Å²) in [6.45, 7) is 1.72. The maximum Gasteiger partial charge on any atom is 0.277 e. The molecule has 0 unspecified atom stereocenters. The van der Waals surface area contributed by atoms with Gasteiger partial charge in [-0.15, -0.1) is 21.5 Å². The normalized spacial score (nSPS) is 13.4. The Balaban J connectivity index is 1.58. The fourth-order valence-electron chi connectivity index (χ4n) is 5.34. The van der Waals surface area contributed by atoms with Crippen LogP contribution in [0.3, 0.4) is 0 Å². The van der Waals surface area contributed by atoms with E-state index >= 15 is 0 Å². The van der Waals surface area contributed by atoms with Gasteiger partial charge in [-0.1, -0.05) is 60.7 Å². The minimum absolute atomic E-state index is 0.102. The lowest BCUT2D eigenvalue weighted by Crippen LogP contribution is -2.30. The van der Waals surface area contributed by atoms with Crippen LogP contribution in [0.25, 0.3) is 48.5 Å². The number of aromatic nitrogens is 4. The van der Waals surface area contributed by atoms with E-state index in [2.05, 4.69) is 27.2 Å². The van der Waals surface area contributed by atoms with E-state index in [9.17, 15) is 4.79 Å². The van der Waals surface area contributed by atoms with Crippen molar-refractivity contribution in [2.75, 3.05) is 25.1 Å². The molecule has 0 saturated carbocycles. The quantitative estimate of drug-likeness (QED) is 0.259. The first-order chi connectivity index (χ1) is 19.2. The standard InChI is InChI=1S/C31H25N5O2S/c1-38-23-16-14-22(15-17-23)36-30(37)28-27(32-31(36)35-18-8-9-19-35)25-24(20-10-4-2-5-11-20)26(33-34-29(25)39-28)21-12-6-3-7-13-21/h2-7,10-17H,8-9,18-19H2,1H3. The molecule has 192 valence electrons. The van der Waals surface area contributed by atoms with E-state index in [1.54, 1.807) is 11.7 Å². The predicted octanol–water partition coefficient (Wildman–Crippen LogP) is 6.33. The van der Waals surface area contributed by atoms with Gasteiger partial charge in [0, 0.05) is 29.6 Å². The Morgan fingerprint density at radius 3 is 2.15 bits per heavy atom. The summed E-state index contributed by atoms with van der Waals surface area (Å²) in [5, 5.41) is 10.2. The number of hydrogen-bond donors (Lipinski definition) is 0. The second kappa shape index (κ2) is 9.63. The number of nitrogens with zero attached hydrogens (tertiary/aromatic N) is 5. The van der Waals surface area contributed by atoms with Crippen molar-refractivity contribution < 1.29 is 4.74 Å². The number of rotatable bonds is 5. The summed E-state index contributed by atoms with van der Waals surface area (Å²) >= 11 is 1.36. The highest BCUT2D eigenvalue weighted by atomic mass is 32.1. The van der Waals surface area contributed by atoms with Crippen molar-refractivity contribution in [2.45, 2.75) is 12.8 Å². The van der Waals surface area contributed by atoms with Crippen LogP contribution in [0.1, 0.15) is 12.8 Å². The molecular weight excluding hydrogens is 506 g/mol. The first kappa shape index (κ1) is 23.5. The van der Waals surface area contributed by atoms with Gasteiger partial charge < -0.3 is 9.64 Å². The second-order valence-electron chi connectivity index (χ2n) is 9.56. The minimum Gasteiger partial charge on any atom is -0.497 e. The van der Waals surface area contributed by atoms with E-state index in [-0.39, 0.29) is 5.56 Å². The molecule has 0 aliphatic carbocycles. The Morgan fingerprint density at radius 2 is 1.49 bits per heavy atom. The minimum atomic E-state index is -0.102. The molecule has 0 atom stereocenters. The third kappa shape index (κ3) is 3.95. The molecule has 1 fully saturated rings. The Kier molecular flexibility index (Phi) is 5.82. The summed E-state index contributed by atoms with van der Waals surface area (Å²) in [5.41, 5.74) is 5.04. The fraction of sp³-hybridized carbons (Fsp3) is 0.161. The maximum atomic E-state index is 14.3. The zero-order valence-corrected chi connectivity index (χ0v) is 22.2. The molecule has 6 aromatic rings. The SMILES string of the molecule is COc1ccc(-n2c(N3CCCC3)nc3c(sc4nnc(-c5ccccc5)c(-c5ccccc5)c43)c2=O)cc1. The molecule has 39 heavy (non-hydrogen) atoms. The van der Waals surface area contributed by atoms with Crippen LogP contribution < -0.4 is 15.2 Å². The Labute approximate surface area is 229 Å². The van der Waals surface area contributed by atoms with Crippen molar-refractivity contribution >= 4 is 37.7 Å². The number of benzene rings is 3. The zero-order valence-electron chi connectivity index (χ0n) is 21.4. The van der Waals surface area contributed by atoms with Gasteiger partial charge in [-0.2, -0.15) is 0 Å². The first-order valence-electron chi connectivity index (χ1n) is 13.0. The van der Waals surface area contributed by atoms with E-state index in [1.807, 2.05) is 72.8 Å². The molecule has 7 rings (SSSR count). The van der Waals surface area contributed by atoms with Gasteiger partial charge >= 0.3 is 0 Å². The summed E-state index contributed by atoms with van der Waals surface area (Å²) in [6.07, 6.45) is 2.14. The molecule has 0 bridgehead atoms. The average molecular weight is 532 g/mol. The van der Waals surface area contributed by atoms with E-state index in [0.29, 0.717) is 21.0 Å². The molecule has 3 aromatic carbocycles. The number of thiophene rings is 1. The molecule has 0 amide bonds. The topological polar surface area (TPSA) is 73.1 Å². The highest BCUT2D eigenvalue weighted by Gasteiger charge is 2.26. The lowest BCUT2D eigenvalue weighted by atomic mass is 9.97. The fourth-order valence-corrected chi connectivity index (χ4v) is 6.34. The van der Waals surface area contributed by atoms with E-state index in [0.717, 1.165) is 65.1 Å². The lowest BCUT2D eigenvalue weighted by Gasteiger charge is -2.21. The predicted molar refractivity (Wildman–Crippen MR) is 157 cm³/mol. The molecule has 1 saturated heterocycles. The van der Waals surface area contributed by atoms with Crippen LogP contribution in [-0.2, 0) is 0 Å². The van der Waals surface area contributed by atoms with Gasteiger partial charge in [0.25, 0.3) is 5.56 Å². The molecule has 0 N–H and O–H groups in total. The molecule has 8 heteroatoms. The number of methoxy groups -OCH3 is 1. The molecule has 3 aromatic heterocycles. The van der Waals surface area contributed by atoms with Gasteiger partial charge in [-0.3, -0.25) is 4.79 Å². The summed E-state index contributed by atoms with van der Waals surface area (Å²) in [7, 11) is 1.64. The molecule has 0 radical (unpaired) electrons. The highest BCUT2D eigenvalue weighted by Crippen LogP contribution is 2.42. The summed E-state index contributed by atoms with van der Waals surface area (Å²) in [5.74, 6) is 1.40. The highest BCUT2D eigenvalue weighted by molar-refractivity contribution is 7.25. The van der Waals surface area contributed by atoms with Crippen LogP contribution in [0.2, 0.25) is 0 Å². The largest absolute Gasteiger partial charge is 0.497 e. The van der Waals surface area contributed by atoms with Crippen LogP contribution in [0.4, 0.5) is 5.95 Å². The van der Waals surface area contributed by atoms with Crippen molar-refractivity contribution in [3.05, 3.63) is 95.3 Å². The number of ether oxygens (including phenoxy) is 1. The number of fused-ring (bicyclic) bond motifs is 3. The van der Waals surface area contributed by atoms with E-state index in [4.69, 9.17) is 9.72 Å². The van der Waals surface area contributed by atoms with Crippen LogP contribution in [0.5, 0.6) is 5.75 Å². The van der Waals surface area contributed by atoms with Gasteiger partial charge in [0.05, 0.1) is 12.8 Å². The molecule has 1 aliphatic heterocycles. The van der Waals surface area contributed by atoms with Crippen LogP contribution in [0.15, 0.2) is 89.7 Å². The van der Waals surface area contributed by atoms with Gasteiger partial charge in [0.1, 0.15) is 26.5 Å². The third-order valence-corrected chi connectivity index (χ3v) is 8.28. The summed E-state index contributed by atoms with van der Waals surface area (Å²) in [6, 6.07) is 27.8. The Bertz CT molecular complexity index is 1860. The van der Waals surface area contributed by atoms with E-state index < -0.39 is 0 Å². The zero-order chi connectivity index (χ0) is 26.3. The van der Waals surface area contributed by atoms with Gasteiger partial charge in [0.15, 0.2) is 0 Å². The van der Waals surface area contributed by atoms with E-state index in [1.165, 1.54) is 11.3 Å². The summed E-state index contributed by atoms with van der Waals surface area (Å²) < 4.78 is 7.65. The molecule has 7 nitrogen and oxygen atoms in total. The second-order valence-corrected chi connectivity index (χ2v) is 10.6. The van der Waals surface area contributed by atoms with Crippen molar-refractivity contribution in [1.82, 2.24) is 19.7 Å². The van der Waals surface area contributed by atoms with Crippen LogP contribution >= 0.6 is 11.3 Å². The lowest BCUT2D eigenvalue weighted by molar-refractivity contribution is 0.414. The Morgan fingerprint density at radius 1 is 0.821 bits per heavy atom. The van der Waals surface area contributed by atoms with Gasteiger partial charge in [-0.25, -0.2) is 9.55 Å². The monoisotopic (exact) mass is 531 g/mol. The van der Waals surface area contributed by atoms with Crippen molar-refractivity contribution in [3.8, 4) is 33.8 Å². The van der Waals surface area contributed by atoms with Gasteiger partial charge in [-0.05, 0) is 42.7 Å². The van der Waals surface area contributed by atoms with Crippen LogP contribution in [0, 0.1) is 0 Å². The first-order valence-corrected chi connectivity index (χ1v) is 13.8. The average Bonchev–Trinajstić information content (AvgIpc) is 3.66. The number of anilines is 1. The molecular formula is C31H25N5O2S. The van der Waals surface area contributed by atoms with Crippen molar-refractivity contribution in [1.29, 1.82) is 0 Å². The number of hydrogen-bond acceptors (Lipinski definition) is 7.